The molecule has 0 radical (unpaired) electrons. The quantitative estimate of drug-likeness (QED) is 0.874. The monoisotopic (exact) mass is 332 g/mol. The van der Waals surface area contributed by atoms with Crippen molar-refractivity contribution in [3.8, 4) is 0 Å². The lowest BCUT2D eigenvalue weighted by molar-refractivity contribution is 0.184. The van der Waals surface area contributed by atoms with Crippen LogP contribution in [0, 0.1) is 0 Å². The Bertz CT molecular complexity index is 791. The maximum atomic E-state index is 12.0. The largest absolute Gasteiger partial charge is 0.387 e. The molecule has 0 saturated carbocycles. The van der Waals surface area contributed by atoms with Gasteiger partial charge in [-0.1, -0.05) is 36.4 Å². The molecule has 2 aromatic rings. The normalized spacial score (nSPS) is 15.5. The number of hydrogen-bond acceptors (Lipinski definition) is 4. The van der Waals surface area contributed by atoms with E-state index in [2.05, 4.69) is 4.72 Å². The highest BCUT2D eigenvalue weighted by atomic mass is 32.2. The van der Waals surface area contributed by atoms with Crippen molar-refractivity contribution in [3.05, 3.63) is 59.7 Å². The first-order valence-corrected chi connectivity index (χ1v) is 9.04. The Morgan fingerprint density at radius 1 is 1.22 bits per heavy atom. The molecule has 0 aromatic heterocycles. The summed E-state index contributed by atoms with van der Waals surface area (Å²) < 4.78 is 26.3. The average molecular weight is 332 g/mol. The molecule has 2 N–H and O–H groups in total. The molecule has 0 spiro atoms. The molecule has 1 atom stereocenters. The zero-order valence-electron chi connectivity index (χ0n) is 12.9. The summed E-state index contributed by atoms with van der Waals surface area (Å²) in [6, 6.07) is 14.7. The maximum Gasteiger partial charge on any atom is 0.240 e. The Morgan fingerprint density at radius 2 is 1.96 bits per heavy atom. The van der Waals surface area contributed by atoms with Gasteiger partial charge < -0.3 is 10.0 Å². The van der Waals surface area contributed by atoms with Crippen LogP contribution in [0.25, 0.3) is 0 Å². The molecule has 2 aromatic carbocycles. The topological polar surface area (TPSA) is 69.6 Å². The third-order valence-electron chi connectivity index (χ3n) is 4.21. The first-order valence-electron chi connectivity index (χ1n) is 7.56. The number of anilines is 1. The summed E-state index contributed by atoms with van der Waals surface area (Å²) in [6.45, 7) is 1.22. The molecule has 1 aliphatic rings. The van der Waals surface area contributed by atoms with Crippen molar-refractivity contribution in [3.63, 3.8) is 0 Å². The summed E-state index contributed by atoms with van der Waals surface area (Å²) in [4.78, 5) is 2.29. The molecule has 1 aliphatic heterocycles. The first kappa shape index (κ1) is 16.0. The molecule has 0 fully saturated rings. The summed E-state index contributed by atoms with van der Waals surface area (Å²) in [5.74, 6) is 0. The zero-order chi connectivity index (χ0) is 16.4. The van der Waals surface area contributed by atoms with Gasteiger partial charge in [0.25, 0.3) is 0 Å². The Labute approximate surface area is 136 Å². The second kappa shape index (κ2) is 6.31. The molecule has 0 bridgehead atoms. The van der Waals surface area contributed by atoms with E-state index in [9.17, 15) is 13.5 Å². The number of nitrogens with one attached hydrogen (secondary N) is 1. The molecule has 0 aliphatic carbocycles. The van der Waals surface area contributed by atoms with Crippen LogP contribution >= 0.6 is 0 Å². The second-order valence-corrected chi connectivity index (χ2v) is 7.51. The van der Waals surface area contributed by atoms with E-state index >= 15 is 0 Å². The number of aliphatic hydroxyl groups excluding tert-OH is 1. The minimum absolute atomic E-state index is 0.250. The lowest BCUT2D eigenvalue weighted by Gasteiger charge is -2.23. The van der Waals surface area contributed by atoms with E-state index < -0.39 is 16.1 Å². The maximum absolute atomic E-state index is 12.0. The van der Waals surface area contributed by atoms with Crippen molar-refractivity contribution in [2.24, 2.45) is 0 Å². The summed E-state index contributed by atoms with van der Waals surface area (Å²) in [5, 5.41) is 10.4. The van der Waals surface area contributed by atoms with Crippen molar-refractivity contribution in [2.45, 2.75) is 17.4 Å². The predicted octanol–water partition coefficient (Wildman–Crippen LogP) is 1.69. The Balaban J connectivity index is 1.85. The lowest BCUT2D eigenvalue weighted by Crippen LogP contribution is -2.27. The standard InChI is InChI=1S/C17H20N2O3S/c1-18-23(21,22)15-8-7-13-9-10-19(16(13)11-15)12-17(20)14-5-3-2-4-6-14/h2-8,11,17-18,20H,9-10,12H2,1H3. The second-order valence-electron chi connectivity index (χ2n) is 5.62. The smallest absolute Gasteiger partial charge is 0.240 e. The third kappa shape index (κ3) is 3.24. The van der Waals surface area contributed by atoms with E-state index in [4.69, 9.17) is 0 Å². The van der Waals surface area contributed by atoms with Crippen LogP contribution < -0.4 is 9.62 Å². The minimum atomic E-state index is -3.46. The van der Waals surface area contributed by atoms with Gasteiger partial charge in [-0.25, -0.2) is 13.1 Å². The number of sulfonamides is 1. The number of rotatable bonds is 5. The molecule has 1 unspecified atom stereocenters. The van der Waals surface area contributed by atoms with E-state index in [1.54, 1.807) is 12.1 Å². The Hall–Kier alpha value is -1.89. The lowest BCUT2D eigenvalue weighted by atomic mass is 10.1. The number of aliphatic hydroxyl groups is 1. The number of nitrogens with zero attached hydrogens (tertiary/aromatic N) is 1. The number of β-amino-alcohol motifs (C(OH)–C–C–N with tert-alkyl or cyclic N) is 1. The molecule has 0 amide bonds. The van der Waals surface area contributed by atoms with E-state index in [0.717, 1.165) is 29.8 Å². The van der Waals surface area contributed by atoms with Gasteiger partial charge in [-0.05, 0) is 36.7 Å². The average Bonchev–Trinajstić information content (AvgIpc) is 2.98. The number of benzene rings is 2. The van der Waals surface area contributed by atoms with Gasteiger partial charge in [-0.2, -0.15) is 0 Å². The van der Waals surface area contributed by atoms with Crippen molar-refractivity contribution in [1.29, 1.82) is 0 Å². The SMILES string of the molecule is CNS(=O)(=O)c1ccc2c(c1)N(CC(O)c1ccccc1)CC2. The van der Waals surface area contributed by atoms with Gasteiger partial charge in [0.05, 0.1) is 11.0 Å². The summed E-state index contributed by atoms with van der Waals surface area (Å²) in [5.41, 5.74) is 2.86. The minimum Gasteiger partial charge on any atom is -0.387 e. The van der Waals surface area contributed by atoms with Crippen LogP contribution in [0.15, 0.2) is 53.4 Å². The Morgan fingerprint density at radius 3 is 2.65 bits per heavy atom. The van der Waals surface area contributed by atoms with Gasteiger partial charge in [0.15, 0.2) is 0 Å². The molecule has 5 nitrogen and oxygen atoms in total. The van der Waals surface area contributed by atoms with Crippen LogP contribution in [0.4, 0.5) is 5.69 Å². The van der Waals surface area contributed by atoms with Crippen LogP contribution in [0.5, 0.6) is 0 Å². The number of fused-ring (bicyclic) bond motifs is 1. The van der Waals surface area contributed by atoms with Crippen LogP contribution in [0.3, 0.4) is 0 Å². The summed E-state index contributed by atoms with van der Waals surface area (Å²) >= 11 is 0. The fraction of sp³-hybridized carbons (Fsp3) is 0.294. The molecule has 6 heteroatoms. The van der Waals surface area contributed by atoms with Crippen molar-refractivity contribution in [2.75, 3.05) is 25.0 Å². The van der Waals surface area contributed by atoms with E-state index in [1.807, 2.05) is 41.3 Å². The fourth-order valence-electron chi connectivity index (χ4n) is 2.89. The van der Waals surface area contributed by atoms with Gasteiger partial charge >= 0.3 is 0 Å². The van der Waals surface area contributed by atoms with Gasteiger partial charge in [0, 0.05) is 18.8 Å². The summed E-state index contributed by atoms with van der Waals surface area (Å²) in [7, 11) is -2.06. The highest BCUT2D eigenvalue weighted by molar-refractivity contribution is 7.89. The molecular weight excluding hydrogens is 312 g/mol. The molecule has 122 valence electrons. The molecule has 23 heavy (non-hydrogen) atoms. The third-order valence-corrected chi connectivity index (χ3v) is 5.62. The van der Waals surface area contributed by atoms with Gasteiger partial charge in [-0.15, -0.1) is 0 Å². The zero-order valence-corrected chi connectivity index (χ0v) is 13.8. The van der Waals surface area contributed by atoms with Crippen molar-refractivity contribution in [1.82, 2.24) is 4.72 Å². The van der Waals surface area contributed by atoms with Crippen LogP contribution in [-0.2, 0) is 16.4 Å². The first-order chi connectivity index (χ1) is 11.0. The summed E-state index contributed by atoms with van der Waals surface area (Å²) in [6.07, 6.45) is 0.253. The van der Waals surface area contributed by atoms with Crippen molar-refractivity contribution < 1.29 is 13.5 Å². The number of hydrogen-bond donors (Lipinski definition) is 2. The van der Waals surface area contributed by atoms with Crippen molar-refractivity contribution >= 4 is 15.7 Å². The van der Waals surface area contributed by atoms with Gasteiger partial charge in [0.2, 0.25) is 10.0 Å². The van der Waals surface area contributed by atoms with Gasteiger partial charge in [-0.3, -0.25) is 0 Å². The predicted molar refractivity (Wildman–Crippen MR) is 90.0 cm³/mol. The molecule has 0 saturated heterocycles. The molecule has 3 rings (SSSR count). The van der Waals surface area contributed by atoms with E-state index in [-0.39, 0.29) is 4.90 Å². The van der Waals surface area contributed by atoms with Crippen LogP contribution in [0.2, 0.25) is 0 Å². The Kier molecular flexibility index (Phi) is 4.39. The van der Waals surface area contributed by atoms with E-state index in [1.165, 1.54) is 7.05 Å². The molecule has 1 heterocycles. The molecular formula is C17H20N2O3S. The van der Waals surface area contributed by atoms with Gasteiger partial charge in [0.1, 0.15) is 0 Å². The van der Waals surface area contributed by atoms with Crippen LogP contribution in [0.1, 0.15) is 17.2 Å². The highest BCUT2D eigenvalue weighted by Crippen LogP contribution is 2.31. The highest BCUT2D eigenvalue weighted by Gasteiger charge is 2.24. The van der Waals surface area contributed by atoms with Crippen LogP contribution in [-0.4, -0.2) is 33.7 Å². The van der Waals surface area contributed by atoms with E-state index in [0.29, 0.717) is 6.54 Å². The fourth-order valence-corrected chi connectivity index (χ4v) is 3.64.